The van der Waals surface area contributed by atoms with Crippen molar-refractivity contribution in [3.05, 3.63) is 71.3 Å². The zero-order chi connectivity index (χ0) is 20.8. The summed E-state index contributed by atoms with van der Waals surface area (Å²) in [6.45, 7) is 3.69. The average Bonchev–Trinajstić information content (AvgIpc) is 2.73. The summed E-state index contributed by atoms with van der Waals surface area (Å²) in [4.78, 5) is 39.5. The smallest absolute Gasteiger partial charge is 0.410 e. The standard InChI is InChI=1S/C23H25NO5/c1-3-28-22(26)20(16(2)25)21-19-12-8-7-11-18(19)13-14-24(21)23(27)29-15-17-9-5-4-6-10-17/h4-12,20-21H,3,13-15H2,1-2H3. The SMILES string of the molecule is CCOC(=O)C(C(C)=O)C1c2ccccc2CCN1C(=O)OCc1ccccc1. The Balaban J connectivity index is 1.91. The molecule has 2 unspecified atom stereocenters. The van der Waals surface area contributed by atoms with Crippen LogP contribution < -0.4 is 0 Å². The number of carbonyl (C=O) groups excluding carboxylic acids is 3. The van der Waals surface area contributed by atoms with E-state index >= 15 is 0 Å². The topological polar surface area (TPSA) is 72.9 Å². The predicted octanol–water partition coefficient (Wildman–Crippen LogP) is 3.69. The van der Waals surface area contributed by atoms with E-state index in [9.17, 15) is 14.4 Å². The van der Waals surface area contributed by atoms with Gasteiger partial charge in [-0.1, -0.05) is 54.6 Å². The third-order valence-electron chi connectivity index (χ3n) is 5.07. The Kier molecular flexibility index (Phi) is 6.65. The number of ketones is 1. The second-order valence-electron chi connectivity index (χ2n) is 6.97. The van der Waals surface area contributed by atoms with Crippen LogP contribution >= 0.6 is 0 Å². The third-order valence-corrected chi connectivity index (χ3v) is 5.07. The van der Waals surface area contributed by atoms with Gasteiger partial charge >= 0.3 is 12.1 Å². The minimum Gasteiger partial charge on any atom is -0.465 e. The van der Waals surface area contributed by atoms with E-state index in [-0.39, 0.29) is 19.0 Å². The first kappa shape index (κ1) is 20.6. The normalized spacial score (nSPS) is 16.5. The number of esters is 1. The molecule has 0 N–H and O–H groups in total. The first-order valence-electron chi connectivity index (χ1n) is 9.75. The highest BCUT2D eigenvalue weighted by atomic mass is 16.6. The summed E-state index contributed by atoms with van der Waals surface area (Å²) in [6.07, 6.45) is 0.0736. The van der Waals surface area contributed by atoms with E-state index in [1.807, 2.05) is 54.6 Å². The van der Waals surface area contributed by atoms with Crippen molar-refractivity contribution in [1.82, 2.24) is 4.90 Å². The van der Waals surface area contributed by atoms with Gasteiger partial charge in [0, 0.05) is 6.54 Å². The molecule has 1 aliphatic heterocycles. The van der Waals surface area contributed by atoms with Crippen molar-refractivity contribution in [3.8, 4) is 0 Å². The molecule has 6 heteroatoms. The molecule has 1 aliphatic rings. The highest BCUT2D eigenvalue weighted by molar-refractivity contribution is 5.99. The fourth-order valence-electron chi connectivity index (χ4n) is 3.71. The lowest BCUT2D eigenvalue weighted by atomic mass is 9.83. The molecule has 0 saturated carbocycles. The minimum absolute atomic E-state index is 0.120. The summed E-state index contributed by atoms with van der Waals surface area (Å²) >= 11 is 0. The van der Waals surface area contributed by atoms with Crippen molar-refractivity contribution in [2.24, 2.45) is 5.92 Å². The van der Waals surface area contributed by atoms with Gasteiger partial charge < -0.3 is 9.47 Å². The van der Waals surface area contributed by atoms with E-state index in [0.717, 1.165) is 16.7 Å². The van der Waals surface area contributed by atoms with Gasteiger partial charge in [0.25, 0.3) is 0 Å². The Morgan fingerprint density at radius 2 is 1.72 bits per heavy atom. The lowest BCUT2D eigenvalue weighted by Crippen LogP contribution is -2.47. The molecule has 3 rings (SSSR count). The van der Waals surface area contributed by atoms with Gasteiger partial charge in [0.2, 0.25) is 0 Å². The maximum Gasteiger partial charge on any atom is 0.410 e. The highest BCUT2D eigenvalue weighted by Gasteiger charge is 2.43. The predicted molar refractivity (Wildman–Crippen MR) is 107 cm³/mol. The zero-order valence-corrected chi connectivity index (χ0v) is 16.7. The number of benzene rings is 2. The summed E-state index contributed by atoms with van der Waals surface area (Å²) in [7, 11) is 0. The summed E-state index contributed by atoms with van der Waals surface area (Å²) in [5.74, 6) is -2.06. The lowest BCUT2D eigenvalue weighted by Gasteiger charge is -2.39. The summed E-state index contributed by atoms with van der Waals surface area (Å²) in [6, 6.07) is 16.2. The van der Waals surface area contributed by atoms with Crippen LogP contribution in [-0.4, -0.2) is 35.9 Å². The fraction of sp³-hybridized carbons (Fsp3) is 0.348. The largest absolute Gasteiger partial charge is 0.465 e. The Morgan fingerprint density at radius 3 is 2.41 bits per heavy atom. The molecule has 0 fully saturated rings. The van der Waals surface area contributed by atoms with Crippen LogP contribution in [0.4, 0.5) is 4.79 Å². The maximum absolute atomic E-state index is 12.9. The van der Waals surface area contributed by atoms with Crippen molar-refractivity contribution in [2.75, 3.05) is 13.2 Å². The van der Waals surface area contributed by atoms with Crippen molar-refractivity contribution in [3.63, 3.8) is 0 Å². The van der Waals surface area contributed by atoms with Gasteiger partial charge in [-0.15, -0.1) is 0 Å². The molecular weight excluding hydrogens is 370 g/mol. The molecule has 29 heavy (non-hydrogen) atoms. The zero-order valence-electron chi connectivity index (χ0n) is 16.7. The molecule has 0 saturated heterocycles. The molecule has 2 aromatic carbocycles. The minimum atomic E-state index is -1.10. The monoisotopic (exact) mass is 395 g/mol. The third kappa shape index (κ3) is 4.65. The van der Waals surface area contributed by atoms with Crippen molar-refractivity contribution in [1.29, 1.82) is 0 Å². The molecule has 2 aromatic rings. The van der Waals surface area contributed by atoms with Crippen LogP contribution in [0.25, 0.3) is 0 Å². The first-order valence-corrected chi connectivity index (χ1v) is 9.75. The van der Waals surface area contributed by atoms with Crippen molar-refractivity contribution >= 4 is 17.8 Å². The Bertz CT molecular complexity index is 880. The number of carbonyl (C=O) groups is 3. The van der Waals surface area contributed by atoms with Crippen LogP contribution in [0.2, 0.25) is 0 Å². The summed E-state index contributed by atoms with van der Waals surface area (Å²) in [5, 5.41) is 0. The number of ether oxygens (including phenoxy) is 2. The first-order chi connectivity index (χ1) is 14.0. The molecule has 0 bridgehead atoms. The van der Waals surface area contributed by atoms with Crippen LogP contribution in [0, 0.1) is 5.92 Å². The molecule has 1 amide bonds. The van der Waals surface area contributed by atoms with E-state index in [1.165, 1.54) is 11.8 Å². The molecule has 0 aromatic heterocycles. The molecule has 0 radical (unpaired) electrons. The Morgan fingerprint density at radius 1 is 1.03 bits per heavy atom. The molecule has 152 valence electrons. The average molecular weight is 395 g/mol. The van der Waals surface area contributed by atoms with E-state index in [0.29, 0.717) is 13.0 Å². The molecule has 0 spiro atoms. The van der Waals surface area contributed by atoms with Gasteiger partial charge in [-0.25, -0.2) is 4.79 Å². The fourth-order valence-corrected chi connectivity index (χ4v) is 3.71. The number of hydrogen-bond acceptors (Lipinski definition) is 5. The van der Waals surface area contributed by atoms with Gasteiger partial charge in [-0.05, 0) is 37.0 Å². The van der Waals surface area contributed by atoms with E-state index in [4.69, 9.17) is 9.47 Å². The van der Waals surface area contributed by atoms with E-state index < -0.39 is 24.0 Å². The molecule has 6 nitrogen and oxygen atoms in total. The number of nitrogens with zero attached hydrogens (tertiary/aromatic N) is 1. The number of amides is 1. The molecule has 1 heterocycles. The van der Waals surface area contributed by atoms with Crippen LogP contribution in [0.3, 0.4) is 0 Å². The van der Waals surface area contributed by atoms with Crippen LogP contribution in [-0.2, 0) is 32.1 Å². The van der Waals surface area contributed by atoms with Gasteiger partial charge in [0.05, 0.1) is 12.6 Å². The van der Waals surface area contributed by atoms with E-state index in [2.05, 4.69) is 0 Å². The van der Waals surface area contributed by atoms with Crippen molar-refractivity contribution in [2.45, 2.75) is 32.9 Å². The van der Waals surface area contributed by atoms with Crippen LogP contribution in [0.15, 0.2) is 54.6 Å². The highest BCUT2D eigenvalue weighted by Crippen LogP contribution is 2.37. The quantitative estimate of drug-likeness (QED) is 0.551. The van der Waals surface area contributed by atoms with Gasteiger partial charge in [-0.3, -0.25) is 14.5 Å². The maximum atomic E-state index is 12.9. The number of fused-ring (bicyclic) bond motifs is 1. The molecule has 2 atom stereocenters. The van der Waals surface area contributed by atoms with E-state index in [1.54, 1.807) is 6.92 Å². The van der Waals surface area contributed by atoms with Gasteiger partial charge in [0.1, 0.15) is 18.3 Å². The Labute approximate surface area is 170 Å². The summed E-state index contributed by atoms with van der Waals surface area (Å²) in [5.41, 5.74) is 2.66. The second kappa shape index (κ2) is 9.37. The summed E-state index contributed by atoms with van der Waals surface area (Å²) < 4.78 is 10.7. The van der Waals surface area contributed by atoms with Gasteiger partial charge in [0.15, 0.2) is 0 Å². The Hall–Kier alpha value is -3.15. The molecule has 0 aliphatic carbocycles. The van der Waals surface area contributed by atoms with Gasteiger partial charge in [-0.2, -0.15) is 0 Å². The molecular formula is C23H25NO5. The van der Waals surface area contributed by atoms with Crippen LogP contribution in [0.1, 0.15) is 36.6 Å². The lowest BCUT2D eigenvalue weighted by molar-refractivity contribution is -0.154. The van der Waals surface area contributed by atoms with Crippen LogP contribution in [0.5, 0.6) is 0 Å². The second-order valence-corrected chi connectivity index (χ2v) is 6.97. The van der Waals surface area contributed by atoms with Crippen molar-refractivity contribution < 1.29 is 23.9 Å². The number of rotatable bonds is 6. The number of hydrogen-bond donors (Lipinski definition) is 0. The number of Topliss-reactive ketones (excluding diaryl/α,β-unsaturated/α-hetero) is 1.